The summed E-state index contributed by atoms with van der Waals surface area (Å²) in [7, 11) is 0. The number of esters is 1. The third-order valence-electron chi connectivity index (χ3n) is 6.17. The van der Waals surface area contributed by atoms with Crippen LogP contribution in [-0.4, -0.2) is 54.3 Å². The van der Waals surface area contributed by atoms with Crippen LogP contribution in [0.4, 0.5) is 9.59 Å². The first-order valence-electron chi connectivity index (χ1n) is 14.5. The largest absolute Gasteiger partial charge is 0.513 e. The summed E-state index contributed by atoms with van der Waals surface area (Å²) in [5.41, 5.74) is -2.41. The Hall–Kier alpha value is -3.34. The van der Waals surface area contributed by atoms with Gasteiger partial charge in [0.2, 0.25) is 0 Å². The topological polar surface area (TPSA) is 147 Å². The number of aliphatic carboxylic acids is 1. The third-order valence-corrected chi connectivity index (χ3v) is 6.17. The fourth-order valence-electron chi connectivity index (χ4n) is 4.26. The van der Waals surface area contributed by atoms with Crippen molar-refractivity contribution < 1.29 is 48.0 Å². The maximum absolute atomic E-state index is 13.1. The molecule has 0 unspecified atom stereocenters. The van der Waals surface area contributed by atoms with E-state index in [1.165, 1.54) is 18.2 Å². The van der Waals surface area contributed by atoms with Gasteiger partial charge in [-0.1, -0.05) is 66.9 Å². The quantitative estimate of drug-likeness (QED) is 0.130. The van der Waals surface area contributed by atoms with Gasteiger partial charge >= 0.3 is 24.2 Å². The summed E-state index contributed by atoms with van der Waals surface area (Å²) in [6.07, 6.45) is 1.71. The van der Waals surface area contributed by atoms with Crippen LogP contribution in [0, 0.1) is 16.7 Å². The Morgan fingerprint density at radius 1 is 0.857 bits per heavy atom. The monoisotopic (exact) mass is 593 g/mol. The lowest BCUT2D eigenvalue weighted by Gasteiger charge is -2.34. The maximum atomic E-state index is 13.1. The van der Waals surface area contributed by atoms with Crippen LogP contribution in [0.1, 0.15) is 93.1 Å². The number of benzene rings is 1. The van der Waals surface area contributed by atoms with E-state index in [1.54, 1.807) is 13.8 Å². The van der Waals surface area contributed by atoms with Crippen LogP contribution < -0.4 is 14.8 Å². The van der Waals surface area contributed by atoms with Gasteiger partial charge in [-0.2, -0.15) is 0 Å². The number of carboxylic acid groups (broad SMARTS) is 1. The Morgan fingerprint density at radius 2 is 1.38 bits per heavy atom. The zero-order valence-electron chi connectivity index (χ0n) is 26.2. The molecule has 1 aliphatic rings. The Balaban J connectivity index is 2.40. The molecule has 1 atom stereocenters. The van der Waals surface area contributed by atoms with Crippen molar-refractivity contribution in [3.63, 3.8) is 0 Å². The Bertz CT molecular complexity index is 1100. The molecule has 11 heteroatoms. The van der Waals surface area contributed by atoms with E-state index in [-0.39, 0.29) is 53.9 Å². The van der Waals surface area contributed by atoms with Crippen LogP contribution in [0.5, 0.6) is 11.5 Å². The second-order valence-corrected chi connectivity index (χ2v) is 13.5. The fraction of sp³-hybridized carbons (Fsp3) is 0.677. The highest BCUT2D eigenvalue weighted by molar-refractivity contribution is 5.83. The molecule has 1 aromatic carbocycles. The molecular weight excluding hydrogens is 546 g/mol. The number of nitrogens with one attached hydrogen (secondary N) is 1. The van der Waals surface area contributed by atoms with E-state index < -0.39 is 30.0 Å². The lowest BCUT2D eigenvalue weighted by atomic mass is 9.89. The summed E-state index contributed by atoms with van der Waals surface area (Å²) in [5.74, 6) is -2.66. The smallest absolute Gasteiger partial charge is 0.477 e. The highest BCUT2D eigenvalue weighted by Gasteiger charge is 2.45. The van der Waals surface area contributed by atoms with Crippen molar-refractivity contribution >= 4 is 24.2 Å². The van der Waals surface area contributed by atoms with Crippen molar-refractivity contribution in [2.24, 2.45) is 16.7 Å². The van der Waals surface area contributed by atoms with Gasteiger partial charge in [-0.05, 0) is 55.2 Å². The number of carbonyl (C=O) groups is 4. The molecule has 2 rings (SSSR count). The number of ether oxygens (including phenoxy) is 5. The van der Waals surface area contributed by atoms with Crippen LogP contribution in [0.25, 0.3) is 0 Å². The summed E-state index contributed by atoms with van der Waals surface area (Å²) in [4.78, 5) is 50.7. The van der Waals surface area contributed by atoms with Crippen molar-refractivity contribution in [2.45, 2.75) is 106 Å². The van der Waals surface area contributed by atoms with E-state index in [9.17, 15) is 24.3 Å². The Labute approximate surface area is 248 Å². The average molecular weight is 594 g/mol. The molecule has 0 saturated heterocycles. The van der Waals surface area contributed by atoms with Crippen LogP contribution in [0.3, 0.4) is 0 Å². The molecular formula is C31H47NO10. The van der Waals surface area contributed by atoms with Gasteiger partial charge in [-0.25, -0.2) is 14.4 Å². The van der Waals surface area contributed by atoms with E-state index in [0.717, 1.165) is 19.3 Å². The maximum Gasteiger partial charge on any atom is 0.513 e. The van der Waals surface area contributed by atoms with Gasteiger partial charge in [0.1, 0.15) is 0 Å². The van der Waals surface area contributed by atoms with Gasteiger partial charge in [0, 0.05) is 12.5 Å². The molecule has 236 valence electrons. The molecule has 42 heavy (non-hydrogen) atoms. The van der Waals surface area contributed by atoms with Crippen LogP contribution in [0.15, 0.2) is 18.2 Å². The number of hydrogen-bond acceptors (Lipinski definition) is 10. The molecule has 11 nitrogen and oxygen atoms in total. The van der Waals surface area contributed by atoms with Crippen molar-refractivity contribution in [2.75, 3.05) is 13.2 Å². The number of carboxylic acids is 1. The van der Waals surface area contributed by atoms with Crippen LogP contribution in [0.2, 0.25) is 0 Å². The molecule has 1 aromatic rings. The van der Waals surface area contributed by atoms with Crippen LogP contribution in [-0.2, 0) is 30.2 Å². The first kappa shape index (κ1) is 34.9. The summed E-state index contributed by atoms with van der Waals surface area (Å²) >= 11 is 0. The lowest BCUT2D eigenvalue weighted by Crippen LogP contribution is -2.59. The standard InChI is InChI=1S/C31H47NO10/c1-20(2)32-31(26(34)35,42-25(33)22-12-10-9-11-13-22)17-21-14-15-23(40-27(36)38-18-29(3,4)5)24(16-21)41-28(37)39-19-30(6,7)8/h14-16,20,22,32H,9-13,17-19H2,1-8H3,(H,34,35)/t31-/m0/s1. The summed E-state index contributed by atoms with van der Waals surface area (Å²) in [6.45, 7) is 14.9. The highest BCUT2D eigenvalue weighted by Crippen LogP contribution is 2.33. The van der Waals surface area contributed by atoms with Crippen molar-refractivity contribution in [3.05, 3.63) is 23.8 Å². The molecule has 0 aromatic heterocycles. The van der Waals surface area contributed by atoms with E-state index in [4.69, 9.17) is 23.7 Å². The molecule has 0 aliphatic heterocycles. The molecule has 0 bridgehead atoms. The van der Waals surface area contributed by atoms with Gasteiger partial charge < -0.3 is 28.8 Å². The lowest BCUT2D eigenvalue weighted by molar-refractivity contribution is -0.188. The van der Waals surface area contributed by atoms with Gasteiger partial charge in [-0.15, -0.1) is 0 Å². The van der Waals surface area contributed by atoms with Crippen molar-refractivity contribution in [1.82, 2.24) is 5.32 Å². The zero-order chi connectivity index (χ0) is 31.7. The third kappa shape index (κ3) is 11.9. The van der Waals surface area contributed by atoms with Crippen molar-refractivity contribution in [1.29, 1.82) is 0 Å². The molecule has 0 amide bonds. The molecule has 2 N–H and O–H groups in total. The second-order valence-electron chi connectivity index (χ2n) is 13.5. The zero-order valence-corrected chi connectivity index (χ0v) is 26.2. The van der Waals surface area contributed by atoms with E-state index in [2.05, 4.69) is 5.32 Å². The minimum atomic E-state index is -2.10. The van der Waals surface area contributed by atoms with E-state index >= 15 is 0 Å². The average Bonchev–Trinajstić information content (AvgIpc) is 2.87. The van der Waals surface area contributed by atoms with Gasteiger partial charge in [0.05, 0.1) is 19.1 Å². The van der Waals surface area contributed by atoms with Gasteiger partial charge in [0.25, 0.3) is 5.72 Å². The molecule has 0 spiro atoms. The summed E-state index contributed by atoms with van der Waals surface area (Å²) < 4.78 is 26.8. The predicted octanol–water partition coefficient (Wildman–Crippen LogP) is 6.25. The number of carbonyl (C=O) groups excluding carboxylic acids is 3. The molecule has 1 fully saturated rings. The fourth-order valence-corrected chi connectivity index (χ4v) is 4.26. The Morgan fingerprint density at radius 3 is 1.86 bits per heavy atom. The first-order valence-corrected chi connectivity index (χ1v) is 14.5. The number of hydrogen-bond donors (Lipinski definition) is 2. The Kier molecular flexibility index (Phi) is 12.2. The predicted molar refractivity (Wildman–Crippen MR) is 154 cm³/mol. The molecule has 1 aliphatic carbocycles. The second kappa shape index (κ2) is 14.7. The molecule has 1 saturated carbocycles. The minimum Gasteiger partial charge on any atom is -0.477 e. The van der Waals surface area contributed by atoms with E-state index in [1.807, 2.05) is 41.5 Å². The van der Waals surface area contributed by atoms with Crippen LogP contribution >= 0.6 is 0 Å². The summed E-state index contributed by atoms with van der Waals surface area (Å²) in [5, 5.41) is 13.2. The SMILES string of the molecule is CC(C)N[C@@](Cc1ccc(OC(=O)OCC(C)(C)C)c(OC(=O)OCC(C)(C)C)c1)(OC(=O)C1CCCCC1)C(=O)O. The molecule has 0 radical (unpaired) electrons. The molecule has 0 heterocycles. The first-order chi connectivity index (χ1) is 19.4. The van der Waals surface area contributed by atoms with Gasteiger partial charge in [-0.3, -0.25) is 10.1 Å². The normalized spacial score (nSPS) is 15.8. The minimum absolute atomic E-state index is 0.0624. The highest BCUT2D eigenvalue weighted by atomic mass is 16.7. The van der Waals surface area contributed by atoms with Gasteiger partial charge in [0.15, 0.2) is 11.5 Å². The van der Waals surface area contributed by atoms with E-state index in [0.29, 0.717) is 18.4 Å². The number of rotatable bonds is 11. The van der Waals surface area contributed by atoms with Crippen molar-refractivity contribution in [3.8, 4) is 11.5 Å². The summed E-state index contributed by atoms with van der Waals surface area (Å²) in [6, 6.07) is 3.83.